The number of rotatable bonds is 5. The van der Waals surface area contributed by atoms with E-state index in [-0.39, 0.29) is 0 Å². The minimum Gasteiger partial charge on any atom is -0.313 e. The molecular weight excluding hydrogens is 260 g/mol. The van der Waals surface area contributed by atoms with Crippen molar-refractivity contribution in [2.75, 3.05) is 6.54 Å². The molecule has 1 atom stereocenters. The van der Waals surface area contributed by atoms with Crippen LogP contribution in [0, 0.1) is 13.8 Å². The van der Waals surface area contributed by atoms with Crippen molar-refractivity contribution in [1.82, 2.24) is 20.3 Å². The highest BCUT2D eigenvalue weighted by Crippen LogP contribution is 2.25. The zero-order valence-corrected chi connectivity index (χ0v) is 12.9. The molecule has 2 aromatic rings. The lowest BCUT2D eigenvalue weighted by molar-refractivity contribution is 0.603. The Morgan fingerprint density at radius 2 is 1.90 bits per heavy atom. The predicted octanol–water partition coefficient (Wildman–Crippen LogP) is 3.01. The molecule has 4 heteroatoms. The zero-order chi connectivity index (χ0) is 14.8. The van der Waals surface area contributed by atoms with Gasteiger partial charge in [0.25, 0.3) is 0 Å². The van der Waals surface area contributed by atoms with Gasteiger partial charge in [0.05, 0.1) is 0 Å². The highest BCUT2D eigenvalue weighted by atomic mass is 15.0. The SMILES string of the molecule is Cc1nc(-c2ccccn2)nc(C)c1C(C)CNC1CC1. The lowest BCUT2D eigenvalue weighted by Crippen LogP contribution is -2.23. The third kappa shape index (κ3) is 3.27. The normalized spacial score (nSPS) is 16.0. The van der Waals surface area contributed by atoms with Crippen molar-refractivity contribution in [2.45, 2.75) is 45.6 Å². The molecule has 0 amide bonds. The van der Waals surface area contributed by atoms with Crippen molar-refractivity contribution >= 4 is 0 Å². The van der Waals surface area contributed by atoms with E-state index in [2.05, 4.69) is 41.0 Å². The van der Waals surface area contributed by atoms with Crippen LogP contribution in [0.2, 0.25) is 0 Å². The fourth-order valence-corrected chi connectivity index (χ4v) is 2.78. The number of hydrogen-bond acceptors (Lipinski definition) is 4. The lowest BCUT2D eigenvalue weighted by atomic mass is 9.98. The number of hydrogen-bond donors (Lipinski definition) is 1. The first-order valence-corrected chi connectivity index (χ1v) is 7.65. The van der Waals surface area contributed by atoms with Crippen LogP contribution in [-0.2, 0) is 0 Å². The fraction of sp³-hybridized carbons (Fsp3) is 0.471. The number of aryl methyl sites for hydroxylation is 2. The van der Waals surface area contributed by atoms with E-state index < -0.39 is 0 Å². The molecule has 0 radical (unpaired) electrons. The molecule has 0 spiro atoms. The van der Waals surface area contributed by atoms with E-state index in [0.717, 1.165) is 35.5 Å². The molecule has 1 aliphatic rings. The van der Waals surface area contributed by atoms with Crippen LogP contribution < -0.4 is 5.32 Å². The zero-order valence-electron chi connectivity index (χ0n) is 12.9. The minimum absolute atomic E-state index is 0.434. The Morgan fingerprint density at radius 1 is 1.19 bits per heavy atom. The number of nitrogens with one attached hydrogen (secondary N) is 1. The van der Waals surface area contributed by atoms with Gasteiger partial charge >= 0.3 is 0 Å². The topological polar surface area (TPSA) is 50.7 Å². The molecule has 0 aliphatic heterocycles. The molecule has 1 N–H and O–H groups in total. The fourth-order valence-electron chi connectivity index (χ4n) is 2.78. The Labute approximate surface area is 126 Å². The molecule has 1 saturated carbocycles. The number of aromatic nitrogens is 3. The molecule has 3 rings (SSSR count). The van der Waals surface area contributed by atoms with Gasteiger partial charge in [-0.25, -0.2) is 9.97 Å². The molecule has 1 aliphatic carbocycles. The number of pyridine rings is 1. The molecule has 0 aromatic carbocycles. The second kappa shape index (κ2) is 5.90. The standard InChI is InChI=1S/C17H22N4/c1-11(10-19-14-7-8-14)16-12(2)20-17(21-13(16)3)15-6-4-5-9-18-15/h4-6,9,11,14,19H,7-8,10H2,1-3H3. The van der Waals surface area contributed by atoms with Gasteiger partial charge in [0.2, 0.25) is 0 Å². The maximum absolute atomic E-state index is 4.67. The van der Waals surface area contributed by atoms with Crippen LogP contribution in [-0.4, -0.2) is 27.5 Å². The minimum atomic E-state index is 0.434. The Hall–Kier alpha value is -1.81. The van der Waals surface area contributed by atoms with E-state index in [4.69, 9.17) is 0 Å². The summed E-state index contributed by atoms with van der Waals surface area (Å²) in [7, 11) is 0. The summed E-state index contributed by atoms with van der Waals surface area (Å²) in [6, 6.07) is 6.56. The van der Waals surface area contributed by atoms with Crippen LogP contribution >= 0.6 is 0 Å². The molecule has 2 aromatic heterocycles. The highest BCUT2D eigenvalue weighted by molar-refractivity contribution is 5.50. The Kier molecular flexibility index (Phi) is 3.97. The van der Waals surface area contributed by atoms with Gasteiger partial charge in [-0.1, -0.05) is 13.0 Å². The average Bonchev–Trinajstić information content (AvgIpc) is 3.29. The van der Waals surface area contributed by atoms with Crippen LogP contribution in [0.4, 0.5) is 0 Å². The molecule has 1 unspecified atom stereocenters. The Bertz CT molecular complexity index is 597. The summed E-state index contributed by atoms with van der Waals surface area (Å²) in [6.07, 6.45) is 4.42. The summed E-state index contributed by atoms with van der Waals surface area (Å²) in [5.74, 6) is 1.15. The maximum atomic E-state index is 4.67. The first-order chi connectivity index (χ1) is 10.1. The van der Waals surface area contributed by atoms with Crippen molar-refractivity contribution in [3.05, 3.63) is 41.3 Å². The van der Waals surface area contributed by atoms with E-state index in [1.54, 1.807) is 6.20 Å². The second-order valence-corrected chi connectivity index (χ2v) is 5.93. The van der Waals surface area contributed by atoms with Crippen LogP contribution in [0.25, 0.3) is 11.5 Å². The van der Waals surface area contributed by atoms with Gasteiger partial charge in [0, 0.05) is 30.2 Å². The van der Waals surface area contributed by atoms with Crippen molar-refractivity contribution in [1.29, 1.82) is 0 Å². The van der Waals surface area contributed by atoms with E-state index in [1.165, 1.54) is 18.4 Å². The van der Waals surface area contributed by atoms with Gasteiger partial charge in [-0.3, -0.25) is 4.98 Å². The number of nitrogens with zero attached hydrogens (tertiary/aromatic N) is 3. The third-order valence-electron chi connectivity index (χ3n) is 4.00. The summed E-state index contributed by atoms with van der Waals surface area (Å²) in [6.45, 7) is 7.39. The van der Waals surface area contributed by atoms with E-state index in [0.29, 0.717) is 5.92 Å². The molecule has 1 fully saturated rings. The highest BCUT2D eigenvalue weighted by Gasteiger charge is 2.22. The molecule has 2 heterocycles. The molecule has 4 nitrogen and oxygen atoms in total. The summed E-state index contributed by atoms with van der Waals surface area (Å²) >= 11 is 0. The summed E-state index contributed by atoms with van der Waals surface area (Å²) in [4.78, 5) is 13.7. The summed E-state index contributed by atoms with van der Waals surface area (Å²) in [5.41, 5.74) is 4.23. The van der Waals surface area contributed by atoms with E-state index in [1.807, 2.05) is 18.2 Å². The van der Waals surface area contributed by atoms with Gasteiger partial charge in [0.15, 0.2) is 5.82 Å². The van der Waals surface area contributed by atoms with Crippen molar-refractivity contribution in [3.8, 4) is 11.5 Å². The molecule has 0 bridgehead atoms. The first-order valence-electron chi connectivity index (χ1n) is 7.65. The maximum Gasteiger partial charge on any atom is 0.178 e. The quantitative estimate of drug-likeness (QED) is 0.916. The monoisotopic (exact) mass is 282 g/mol. The largest absolute Gasteiger partial charge is 0.313 e. The van der Waals surface area contributed by atoms with Gasteiger partial charge in [-0.2, -0.15) is 0 Å². The van der Waals surface area contributed by atoms with Crippen molar-refractivity contribution < 1.29 is 0 Å². The molecular formula is C17H22N4. The molecule has 0 saturated heterocycles. The van der Waals surface area contributed by atoms with E-state index in [9.17, 15) is 0 Å². The third-order valence-corrected chi connectivity index (χ3v) is 4.00. The summed E-state index contributed by atoms with van der Waals surface area (Å²) < 4.78 is 0. The first kappa shape index (κ1) is 14.1. The lowest BCUT2D eigenvalue weighted by Gasteiger charge is -2.17. The second-order valence-electron chi connectivity index (χ2n) is 5.93. The van der Waals surface area contributed by atoms with Gasteiger partial charge in [-0.15, -0.1) is 0 Å². The Balaban J connectivity index is 1.85. The predicted molar refractivity (Wildman–Crippen MR) is 84.2 cm³/mol. The van der Waals surface area contributed by atoms with Crippen LogP contribution in [0.1, 0.15) is 42.6 Å². The van der Waals surface area contributed by atoms with Crippen molar-refractivity contribution in [2.24, 2.45) is 0 Å². The van der Waals surface area contributed by atoms with E-state index >= 15 is 0 Å². The average molecular weight is 282 g/mol. The smallest absolute Gasteiger partial charge is 0.178 e. The van der Waals surface area contributed by atoms with Crippen LogP contribution in [0.15, 0.2) is 24.4 Å². The van der Waals surface area contributed by atoms with Crippen molar-refractivity contribution in [3.63, 3.8) is 0 Å². The van der Waals surface area contributed by atoms with Gasteiger partial charge in [0.1, 0.15) is 5.69 Å². The summed E-state index contributed by atoms with van der Waals surface area (Å²) in [5, 5.41) is 3.59. The van der Waals surface area contributed by atoms with Crippen LogP contribution in [0.3, 0.4) is 0 Å². The van der Waals surface area contributed by atoms with Gasteiger partial charge in [-0.05, 0) is 50.3 Å². The Morgan fingerprint density at radius 3 is 2.48 bits per heavy atom. The van der Waals surface area contributed by atoms with Gasteiger partial charge < -0.3 is 5.32 Å². The molecule has 110 valence electrons. The molecule has 21 heavy (non-hydrogen) atoms. The van der Waals surface area contributed by atoms with Crippen LogP contribution in [0.5, 0.6) is 0 Å².